The van der Waals surface area contributed by atoms with E-state index in [2.05, 4.69) is 15.5 Å². The monoisotopic (exact) mass is 296 g/mol. The lowest BCUT2D eigenvalue weighted by Gasteiger charge is -2.22. The topological polar surface area (TPSA) is 111 Å². The van der Waals surface area contributed by atoms with Crippen molar-refractivity contribution in [2.75, 3.05) is 0 Å². The summed E-state index contributed by atoms with van der Waals surface area (Å²) in [5.74, 6) is -0.0643. The van der Waals surface area contributed by atoms with Crippen molar-refractivity contribution in [2.24, 2.45) is 5.92 Å². The predicted octanol–water partition coefficient (Wildman–Crippen LogP) is 1.38. The average Bonchev–Trinajstić information content (AvgIpc) is 2.95. The van der Waals surface area contributed by atoms with E-state index in [4.69, 9.17) is 4.52 Å². The van der Waals surface area contributed by atoms with E-state index in [1.807, 2.05) is 20.8 Å². The van der Waals surface area contributed by atoms with Crippen LogP contribution in [0.2, 0.25) is 0 Å². The average molecular weight is 296 g/mol. The van der Waals surface area contributed by atoms with Crippen LogP contribution < -0.4 is 5.32 Å². The molecule has 2 atom stereocenters. The molecule has 1 N–H and O–H groups in total. The van der Waals surface area contributed by atoms with E-state index in [-0.39, 0.29) is 17.7 Å². The summed E-state index contributed by atoms with van der Waals surface area (Å²) in [4.78, 5) is 26.5. The second-order valence-electron chi connectivity index (χ2n) is 6.98. The zero-order chi connectivity index (χ0) is 16.0. The van der Waals surface area contributed by atoms with Gasteiger partial charge in [0, 0.05) is 16.8 Å². The zero-order valence-electron chi connectivity index (χ0n) is 12.8. The molecular formula is C13H20N4O4. The van der Waals surface area contributed by atoms with E-state index in [0.717, 1.165) is 0 Å². The Labute approximate surface area is 122 Å². The molecule has 0 aromatic carbocycles. The highest BCUT2D eigenvalue weighted by Gasteiger charge is 2.54. The van der Waals surface area contributed by atoms with Crippen molar-refractivity contribution in [3.8, 4) is 0 Å². The normalized spacial score (nSPS) is 22.0. The molecule has 1 fully saturated rings. The molecule has 2 rings (SSSR count). The summed E-state index contributed by atoms with van der Waals surface area (Å²) in [6.45, 7) is 9.32. The summed E-state index contributed by atoms with van der Waals surface area (Å²) in [7, 11) is 0. The zero-order valence-corrected chi connectivity index (χ0v) is 12.8. The van der Waals surface area contributed by atoms with Crippen LogP contribution in [0, 0.1) is 16.0 Å². The molecule has 0 saturated heterocycles. The van der Waals surface area contributed by atoms with Gasteiger partial charge >= 0.3 is 0 Å². The molecule has 1 heterocycles. The van der Waals surface area contributed by atoms with Crippen molar-refractivity contribution >= 4 is 5.91 Å². The van der Waals surface area contributed by atoms with Crippen LogP contribution in [-0.4, -0.2) is 27.0 Å². The fourth-order valence-electron chi connectivity index (χ4n) is 1.93. The van der Waals surface area contributed by atoms with Gasteiger partial charge < -0.3 is 9.84 Å². The number of aromatic nitrogens is 2. The van der Waals surface area contributed by atoms with E-state index in [0.29, 0.717) is 11.7 Å². The van der Waals surface area contributed by atoms with E-state index < -0.39 is 22.4 Å². The molecule has 21 heavy (non-hydrogen) atoms. The van der Waals surface area contributed by atoms with Crippen LogP contribution in [0.5, 0.6) is 0 Å². The van der Waals surface area contributed by atoms with Gasteiger partial charge in [-0.15, -0.1) is 0 Å². The molecule has 1 aromatic rings. The Hall–Kier alpha value is -1.99. The van der Waals surface area contributed by atoms with Gasteiger partial charge in [-0.2, -0.15) is 4.98 Å². The second kappa shape index (κ2) is 4.78. The number of carbonyl (C=O) groups is 1. The molecule has 8 heteroatoms. The number of nitro groups is 1. The third-order valence-corrected chi connectivity index (χ3v) is 3.43. The molecule has 0 bridgehead atoms. The SMILES string of the molecule is CC(C)(C)c1nc(C(C)(C)NC(=O)[C@@H]2C[C@H]2[N+](=O)[O-])no1. The lowest BCUT2D eigenvalue weighted by atomic mass is 9.97. The van der Waals surface area contributed by atoms with E-state index in [1.165, 1.54) is 0 Å². The summed E-state index contributed by atoms with van der Waals surface area (Å²) < 4.78 is 5.21. The number of hydrogen-bond acceptors (Lipinski definition) is 6. The molecule has 1 saturated carbocycles. The third kappa shape index (κ3) is 3.20. The highest BCUT2D eigenvalue weighted by molar-refractivity contribution is 5.82. The first kappa shape index (κ1) is 15.4. The van der Waals surface area contributed by atoms with Gasteiger partial charge in [-0.25, -0.2) is 0 Å². The molecule has 0 radical (unpaired) electrons. The Balaban J connectivity index is 2.07. The molecule has 0 unspecified atom stereocenters. The Bertz CT molecular complexity index is 573. The first-order valence-electron chi connectivity index (χ1n) is 6.82. The summed E-state index contributed by atoms with van der Waals surface area (Å²) in [6, 6.07) is -0.767. The van der Waals surface area contributed by atoms with Crippen molar-refractivity contribution in [1.29, 1.82) is 0 Å². The van der Waals surface area contributed by atoms with Crippen molar-refractivity contribution in [3.63, 3.8) is 0 Å². The van der Waals surface area contributed by atoms with Gasteiger partial charge in [0.05, 0.1) is 5.54 Å². The summed E-state index contributed by atoms with van der Waals surface area (Å²) in [5.41, 5.74) is -1.12. The Morgan fingerprint density at radius 3 is 2.43 bits per heavy atom. The van der Waals surface area contributed by atoms with Crippen LogP contribution in [0.25, 0.3) is 0 Å². The maximum absolute atomic E-state index is 12.0. The maximum atomic E-state index is 12.0. The van der Waals surface area contributed by atoms with Crippen LogP contribution in [-0.2, 0) is 15.7 Å². The first-order valence-corrected chi connectivity index (χ1v) is 6.82. The maximum Gasteiger partial charge on any atom is 0.232 e. The molecule has 116 valence electrons. The summed E-state index contributed by atoms with van der Waals surface area (Å²) in [6.07, 6.45) is 0.286. The third-order valence-electron chi connectivity index (χ3n) is 3.43. The van der Waals surface area contributed by atoms with Crippen molar-refractivity contribution < 1.29 is 14.2 Å². The van der Waals surface area contributed by atoms with Crippen LogP contribution in [0.15, 0.2) is 4.52 Å². The van der Waals surface area contributed by atoms with Gasteiger partial charge in [0.15, 0.2) is 5.82 Å². The van der Waals surface area contributed by atoms with Crippen molar-refractivity contribution in [1.82, 2.24) is 15.5 Å². The molecule has 1 aliphatic rings. The fraction of sp³-hybridized carbons (Fsp3) is 0.769. The van der Waals surface area contributed by atoms with Crippen molar-refractivity contribution in [2.45, 2.75) is 58.0 Å². The van der Waals surface area contributed by atoms with Gasteiger partial charge in [-0.3, -0.25) is 14.9 Å². The van der Waals surface area contributed by atoms with Crippen LogP contribution in [0.3, 0.4) is 0 Å². The standard InChI is InChI=1S/C13H20N4O4/c1-12(2,3)11-14-10(16-21-11)13(4,5)15-9(18)7-6-8(7)17(19)20/h7-8H,6H2,1-5H3,(H,15,18)/t7-,8-/m1/s1. The van der Waals surface area contributed by atoms with Gasteiger partial charge in [-0.1, -0.05) is 25.9 Å². The molecular weight excluding hydrogens is 276 g/mol. The number of rotatable bonds is 4. The second-order valence-corrected chi connectivity index (χ2v) is 6.98. The fourth-order valence-corrected chi connectivity index (χ4v) is 1.93. The minimum absolute atomic E-state index is 0.279. The molecule has 8 nitrogen and oxygen atoms in total. The molecule has 0 aliphatic heterocycles. The lowest BCUT2D eigenvalue weighted by molar-refractivity contribution is -0.497. The van der Waals surface area contributed by atoms with Gasteiger partial charge in [-0.05, 0) is 13.8 Å². The Morgan fingerprint density at radius 1 is 1.38 bits per heavy atom. The van der Waals surface area contributed by atoms with Gasteiger partial charge in [0.1, 0.15) is 5.92 Å². The predicted molar refractivity (Wildman–Crippen MR) is 73.1 cm³/mol. The molecule has 0 spiro atoms. The first-order chi connectivity index (χ1) is 9.52. The smallest absolute Gasteiger partial charge is 0.232 e. The molecule has 1 aromatic heterocycles. The number of amides is 1. The Kier molecular flexibility index (Phi) is 3.51. The lowest BCUT2D eigenvalue weighted by Crippen LogP contribution is -2.43. The van der Waals surface area contributed by atoms with Crippen LogP contribution in [0.1, 0.15) is 52.8 Å². The van der Waals surface area contributed by atoms with Gasteiger partial charge in [0.25, 0.3) is 0 Å². The summed E-state index contributed by atoms with van der Waals surface area (Å²) >= 11 is 0. The Morgan fingerprint density at radius 2 is 2.00 bits per heavy atom. The highest BCUT2D eigenvalue weighted by Crippen LogP contribution is 2.34. The van der Waals surface area contributed by atoms with Crippen molar-refractivity contribution in [3.05, 3.63) is 21.8 Å². The molecule has 1 amide bonds. The van der Waals surface area contributed by atoms with Crippen LogP contribution >= 0.6 is 0 Å². The number of hydrogen-bond donors (Lipinski definition) is 1. The number of nitrogens with zero attached hydrogens (tertiary/aromatic N) is 3. The summed E-state index contributed by atoms with van der Waals surface area (Å²) in [5, 5.41) is 17.3. The largest absolute Gasteiger partial charge is 0.343 e. The van der Waals surface area contributed by atoms with E-state index in [1.54, 1.807) is 13.8 Å². The number of nitrogens with one attached hydrogen (secondary N) is 1. The van der Waals surface area contributed by atoms with E-state index in [9.17, 15) is 14.9 Å². The molecule has 1 aliphatic carbocycles. The number of carbonyl (C=O) groups excluding carboxylic acids is 1. The van der Waals surface area contributed by atoms with E-state index >= 15 is 0 Å². The van der Waals surface area contributed by atoms with Gasteiger partial charge in [0.2, 0.25) is 17.8 Å². The minimum Gasteiger partial charge on any atom is -0.343 e. The highest BCUT2D eigenvalue weighted by atomic mass is 16.6. The van der Waals surface area contributed by atoms with Crippen LogP contribution in [0.4, 0.5) is 0 Å². The minimum atomic E-state index is -0.839. The quantitative estimate of drug-likeness (QED) is 0.663.